The van der Waals surface area contributed by atoms with Crippen molar-refractivity contribution in [1.82, 2.24) is 10.6 Å². The number of guanidine groups is 1. The van der Waals surface area contributed by atoms with Crippen LogP contribution in [-0.2, 0) is 4.74 Å². The number of nitrogens with one attached hydrogen (secondary N) is 2. The molecule has 1 fully saturated rings. The minimum Gasteiger partial charge on any atom is -0.373 e. The van der Waals surface area contributed by atoms with E-state index in [-0.39, 0.29) is 36.1 Å². The van der Waals surface area contributed by atoms with Crippen molar-refractivity contribution >= 4 is 40.7 Å². The predicted octanol–water partition coefficient (Wildman–Crippen LogP) is 5.46. The van der Waals surface area contributed by atoms with Crippen molar-refractivity contribution in [3.8, 4) is 0 Å². The first-order valence-electron chi connectivity index (χ1n) is 10.4. The van der Waals surface area contributed by atoms with Crippen LogP contribution in [0.25, 0.3) is 10.8 Å². The fraction of sp³-hybridized carbons (Fsp3) is 0.320. The molecule has 0 radical (unpaired) electrons. The van der Waals surface area contributed by atoms with Crippen molar-refractivity contribution in [2.75, 3.05) is 20.2 Å². The molecule has 3 unspecified atom stereocenters. The quantitative estimate of drug-likeness (QED) is 0.270. The predicted molar refractivity (Wildman–Crippen MR) is 136 cm³/mol. The molecule has 5 heteroatoms. The lowest BCUT2D eigenvalue weighted by Gasteiger charge is -2.23. The number of aliphatic imine (C=N–C) groups is 1. The van der Waals surface area contributed by atoms with Crippen LogP contribution in [0.3, 0.4) is 0 Å². The third kappa shape index (κ3) is 5.32. The summed E-state index contributed by atoms with van der Waals surface area (Å²) in [4.78, 5) is 4.43. The maximum absolute atomic E-state index is 6.01. The Labute approximate surface area is 196 Å². The van der Waals surface area contributed by atoms with E-state index in [1.807, 2.05) is 13.1 Å². The summed E-state index contributed by atoms with van der Waals surface area (Å²) in [5.74, 6) is 1.26. The van der Waals surface area contributed by atoms with Gasteiger partial charge in [0.1, 0.15) is 0 Å². The van der Waals surface area contributed by atoms with Gasteiger partial charge in [-0.05, 0) is 41.3 Å². The van der Waals surface area contributed by atoms with Gasteiger partial charge in [0.2, 0.25) is 0 Å². The summed E-state index contributed by atoms with van der Waals surface area (Å²) in [5.41, 5.74) is 2.50. The van der Waals surface area contributed by atoms with Crippen molar-refractivity contribution in [1.29, 1.82) is 0 Å². The van der Waals surface area contributed by atoms with Gasteiger partial charge in [-0.15, -0.1) is 24.0 Å². The fourth-order valence-electron chi connectivity index (χ4n) is 4.04. The van der Waals surface area contributed by atoms with Gasteiger partial charge in [-0.25, -0.2) is 0 Å². The van der Waals surface area contributed by atoms with Gasteiger partial charge in [-0.1, -0.05) is 66.7 Å². The average Bonchev–Trinajstić information content (AvgIpc) is 3.25. The molecule has 1 aliphatic rings. The average molecular weight is 515 g/mol. The molecule has 0 amide bonds. The molecular formula is C25H30IN3O. The molecule has 0 aliphatic carbocycles. The Morgan fingerprint density at radius 1 is 1.03 bits per heavy atom. The van der Waals surface area contributed by atoms with Crippen LogP contribution in [0.5, 0.6) is 0 Å². The van der Waals surface area contributed by atoms with E-state index < -0.39 is 0 Å². The molecule has 1 heterocycles. The largest absolute Gasteiger partial charge is 0.373 e. The van der Waals surface area contributed by atoms with E-state index in [2.05, 4.69) is 89.3 Å². The summed E-state index contributed by atoms with van der Waals surface area (Å²) in [5, 5.41) is 9.55. The van der Waals surface area contributed by atoms with Gasteiger partial charge in [-0.2, -0.15) is 0 Å². The second kappa shape index (κ2) is 10.8. The standard InChI is InChI=1S/C25H29N3O.HI/c1-18(21-13-12-19-8-6-7-11-22(19)16-21)28-25(26-2)27-17-23-14-15-29-24(23)20-9-4-3-5-10-20;/h3-13,16,18,23-24H,14-15,17H2,1-2H3,(H2,26,27,28);1H. The van der Waals surface area contributed by atoms with E-state index in [1.165, 1.54) is 21.9 Å². The Morgan fingerprint density at radius 3 is 2.53 bits per heavy atom. The Kier molecular flexibility index (Phi) is 8.10. The number of ether oxygens (including phenoxy) is 1. The summed E-state index contributed by atoms with van der Waals surface area (Å²) >= 11 is 0. The molecule has 4 nitrogen and oxygen atoms in total. The molecule has 2 N–H and O–H groups in total. The minimum absolute atomic E-state index is 0. The fourth-order valence-corrected chi connectivity index (χ4v) is 4.04. The summed E-state index contributed by atoms with van der Waals surface area (Å²) < 4.78 is 6.01. The zero-order chi connectivity index (χ0) is 20.1. The monoisotopic (exact) mass is 515 g/mol. The zero-order valence-electron chi connectivity index (χ0n) is 17.5. The van der Waals surface area contributed by atoms with Gasteiger partial charge >= 0.3 is 0 Å². The van der Waals surface area contributed by atoms with Gasteiger partial charge in [0.25, 0.3) is 0 Å². The summed E-state index contributed by atoms with van der Waals surface area (Å²) in [6.45, 7) is 3.82. The van der Waals surface area contributed by atoms with Crippen molar-refractivity contribution in [3.05, 3.63) is 83.9 Å². The first-order chi connectivity index (χ1) is 14.2. The van der Waals surface area contributed by atoms with Gasteiger partial charge in [0, 0.05) is 26.1 Å². The first kappa shape index (κ1) is 22.6. The SMILES string of the molecule is CN=C(NCC1CCOC1c1ccccc1)NC(C)c1ccc2ccccc2c1.I. The van der Waals surface area contributed by atoms with Crippen LogP contribution >= 0.6 is 24.0 Å². The highest BCUT2D eigenvalue weighted by Crippen LogP contribution is 2.33. The maximum Gasteiger partial charge on any atom is 0.191 e. The van der Waals surface area contributed by atoms with E-state index >= 15 is 0 Å². The molecule has 3 aromatic carbocycles. The van der Waals surface area contributed by atoms with E-state index in [4.69, 9.17) is 4.74 Å². The lowest BCUT2D eigenvalue weighted by molar-refractivity contribution is 0.0915. The second-order valence-corrected chi connectivity index (χ2v) is 7.68. The number of nitrogens with zero attached hydrogens (tertiary/aromatic N) is 1. The topological polar surface area (TPSA) is 45.7 Å². The van der Waals surface area contributed by atoms with Crippen molar-refractivity contribution < 1.29 is 4.74 Å². The third-order valence-electron chi connectivity index (χ3n) is 5.72. The van der Waals surface area contributed by atoms with Crippen LogP contribution in [0.1, 0.15) is 36.6 Å². The molecule has 0 spiro atoms. The highest BCUT2D eigenvalue weighted by molar-refractivity contribution is 14.0. The van der Waals surface area contributed by atoms with Gasteiger partial charge < -0.3 is 15.4 Å². The Bertz CT molecular complexity index is 976. The van der Waals surface area contributed by atoms with Gasteiger partial charge in [0.15, 0.2) is 5.96 Å². The molecule has 4 rings (SSSR count). The van der Waals surface area contributed by atoms with Crippen LogP contribution in [0.15, 0.2) is 77.8 Å². The van der Waals surface area contributed by atoms with Crippen LogP contribution in [0.2, 0.25) is 0 Å². The number of rotatable bonds is 5. The molecule has 1 aliphatic heterocycles. The maximum atomic E-state index is 6.01. The van der Waals surface area contributed by atoms with Gasteiger partial charge in [0.05, 0.1) is 12.1 Å². The summed E-state index contributed by atoms with van der Waals surface area (Å²) in [6, 6.07) is 25.7. The molecule has 30 heavy (non-hydrogen) atoms. The van der Waals surface area contributed by atoms with Gasteiger partial charge in [-0.3, -0.25) is 4.99 Å². The molecule has 0 bridgehead atoms. The number of halogens is 1. The van der Waals surface area contributed by atoms with Crippen LogP contribution in [0, 0.1) is 5.92 Å². The number of benzene rings is 3. The summed E-state index contributed by atoms with van der Waals surface area (Å²) in [6.07, 6.45) is 1.21. The Morgan fingerprint density at radius 2 is 1.77 bits per heavy atom. The van der Waals surface area contributed by atoms with E-state index in [0.29, 0.717) is 5.92 Å². The molecule has 0 aromatic heterocycles. The van der Waals surface area contributed by atoms with Crippen molar-refractivity contribution in [3.63, 3.8) is 0 Å². The van der Waals surface area contributed by atoms with E-state index in [9.17, 15) is 0 Å². The molecule has 3 aromatic rings. The first-order valence-corrected chi connectivity index (χ1v) is 10.4. The molecule has 1 saturated heterocycles. The second-order valence-electron chi connectivity index (χ2n) is 7.68. The zero-order valence-corrected chi connectivity index (χ0v) is 19.9. The lowest BCUT2D eigenvalue weighted by atomic mass is 9.95. The van der Waals surface area contributed by atoms with Crippen molar-refractivity contribution in [2.45, 2.75) is 25.5 Å². The molecular weight excluding hydrogens is 485 g/mol. The van der Waals surface area contributed by atoms with Crippen molar-refractivity contribution in [2.24, 2.45) is 10.9 Å². The highest BCUT2D eigenvalue weighted by atomic mass is 127. The molecule has 0 saturated carbocycles. The van der Waals surface area contributed by atoms with Crippen LogP contribution in [0.4, 0.5) is 0 Å². The molecule has 3 atom stereocenters. The van der Waals surface area contributed by atoms with Crippen LogP contribution < -0.4 is 10.6 Å². The van der Waals surface area contributed by atoms with E-state index in [1.54, 1.807) is 0 Å². The Balaban J connectivity index is 0.00000256. The number of fused-ring (bicyclic) bond motifs is 1. The third-order valence-corrected chi connectivity index (χ3v) is 5.72. The summed E-state index contributed by atoms with van der Waals surface area (Å²) in [7, 11) is 1.82. The lowest BCUT2D eigenvalue weighted by Crippen LogP contribution is -2.41. The number of hydrogen-bond acceptors (Lipinski definition) is 2. The highest BCUT2D eigenvalue weighted by Gasteiger charge is 2.29. The van der Waals surface area contributed by atoms with Crippen LogP contribution in [-0.4, -0.2) is 26.2 Å². The number of hydrogen-bond donors (Lipinski definition) is 2. The normalized spacial score (nSPS) is 19.9. The molecule has 158 valence electrons. The van der Waals surface area contributed by atoms with E-state index in [0.717, 1.165) is 25.5 Å². The Hall–Kier alpha value is -2.12. The smallest absolute Gasteiger partial charge is 0.191 e. The minimum atomic E-state index is 0.